The van der Waals surface area contributed by atoms with Gasteiger partial charge in [-0.25, -0.2) is 4.79 Å². The Labute approximate surface area is 245 Å². The highest BCUT2D eigenvalue weighted by Crippen LogP contribution is 2.63. The molecule has 220 valence electrons. The van der Waals surface area contributed by atoms with Crippen molar-refractivity contribution in [2.75, 3.05) is 0 Å². The minimum atomic E-state index is -0.565. The van der Waals surface area contributed by atoms with Gasteiger partial charge >= 0.3 is 5.97 Å². The molecular weight excluding hydrogens is 500 g/mol. The van der Waals surface area contributed by atoms with Gasteiger partial charge in [-0.1, -0.05) is 109 Å². The minimum absolute atomic E-state index is 0.285. The van der Waals surface area contributed by atoms with Gasteiger partial charge in [0.05, 0.1) is 0 Å². The lowest BCUT2D eigenvalue weighted by atomic mass is 9.50. The van der Waals surface area contributed by atoms with Gasteiger partial charge in [0.1, 0.15) is 11.5 Å². The largest absolute Gasteiger partial charge is 0.371 e. The van der Waals surface area contributed by atoms with Crippen molar-refractivity contribution in [1.82, 2.24) is 0 Å². The molecule has 0 heterocycles. The van der Waals surface area contributed by atoms with Crippen molar-refractivity contribution in [1.29, 1.82) is 0 Å². The summed E-state index contributed by atoms with van der Waals surface area (Å²) in [7, 11) is 0. The molecule has 0 bridgehead atoms. The molecule has 0 aromatic heterocycles. The molecule has 39 heavy (non-hydrogen) atoms. The first kappa shape index (κ1) is 31.0. The van der Waals surface area contributed by atoms with E-state index in [1.165, 1.54) is 109 Å². The van der Waals surface area contributed by atoms with Crippen molar-refractivity contribution < 1.29 is 9.53 Å². The third-order valence-electron chi connectivity index (χ3n) is 11.5. The Kier molecular flexibility index (Phi) is 12.6. The lowest BCUT2D eigenvalue weighted by molar-refractivity contribution is -0.136. The molecule has 8 atom stereocenters. The van der Waals surface area contributed by atoms with E-state index in [1.54, 1.807) is 0 Å². The van der Waals surface area contributed by atoms with Gasteiger partial charge in [-0.3, -0.25) is 0 Å². The summed E-state index contributed by atoms with van der Waals surface area (Å²) < 4.78 is 5.39. The van der Waals surface area contributed by atoms with E-state index in [0.29, 0.717) is 12.3 Å². The lowest BCUT2D eigenvalue weighted by Gasteiger charge is -2.54. The van der Waals surface area contributed by atoms with Crippen molar-refractivity contribution in [2.45, 2.75) is 154 Å². The van der Waals surface area contributed by atoms with Crippen LogP contribution in [-0.4, -0.2) is 11.3 Å². The van der Waals surface area contributed by atoms with E-state index in [-0.39, 0.29) is 11.4 Å². The molecule has 4 aliphatic carbocycles. The third-order valence-corrected chi connectivity index (χ3v) is 11.9. The Morgan fingerprint density at radius 3 is 2.23 bits per heavy atom. The fourth-order valence-electron chi connectivity index (χ4n) is 9.15. The predicted molar refractivity (Wildman–Crippen MR) is 164 cm³/mol. The number of allylic oxidation sites excluding steroid dienone is 2. The van der Waals surface area contributed by atoms with Gasteiger partial charge in [-0.05, 0) is 92.8 Å². The van der Waals surface area contributed by atoms with Gasteiger partial charge in [0, 0.05) is 5.92 Å². The molecule has 0 saturated heterocycles. The molecule has 4 rings (SSSR count). The number of alkyl halides is 1. The summed E-state index contributed by atoms with van der Waals surface area (Å²) in [6.45, 7) is 4.77. The summed E-state index contributed by atoms with van der Waals surface area (Å²) >= 11 is 6.38. The van der Waals surface area contributed by atoms with Crippen LogP contribution in [0, 0.1) is 52.9 Å². The van der Waals surface area contributed by atoms with Gasteiger partial charge in [0.25, 0.3) is 0 Å². The topological polar surface area (TPSA) is 26.3 Å². The van der Waals surface area contributed by atoms with Gasteiger partial charge in [0.2, 0.25) is 0 Å². The maximum absolute atomic E-state index is 12.5. The van der Waals surface area contributed by atoms with Crippen LogP contribution in [0.15, 0.2) is 12.2 Å². The highest BCUT2D eigenvalue weighted by atomic mass is 35.5. The Hall–Kier alpha value is -0.940. The van der Waals surface area contributed by atoms with E-state index in [0.717, 1.165) is 48.9 Å². The molecule has 3 saturated carbocycles. The number of hydrogen-bond donors (Lipinski definition) is 0. The number of halogens is 1. The molecule has 3 heteroatoms. The highest BCUT2D eigenvalue weighted by Gasteiger charge is 2.56. The fraction of sp³-hybridized carbons (Fsp3) is 0.861. The summed E-state index contributed by atoms with van der Waals surface area (Å²) in [5.41, 5.74) is 0.285. The van der Waals surface area contributed by atoms with Crippen LogP contribution in [0.3, 0.4) is 0 Å². The molecule has 2 nitrogen and oxygen atoms in total. The first-order valence-corrected chi connectivity index (χ1v) is 17.5. The van der Waals surface area contributed by atoms with E-state index < -0.39 is 5.38 Å². The van der Waals surface area contributed by atoms with Crippen molar-refractivity contribution in [3.8, 4) is 12.0 Å². The van der Waals surface area contributed by atoms with Crippen LogP contribution >= 0.6 is 11.6 Å². The number of ether oxygens (including phenoxy) is 1. The number of carbonyl (C=O) groups is 1. The average Bonchev–Trinajstić information content (AvgIpc) is 3.29. The molecule has 0 spiro atoms. The first-order chi connectivity index (χ1) is 19.0. The second-order valence-corrected chi connectivity index (χ2v) is 14.4. The Morgan fingerprint density at radius 2 is 1.51 bits per heavy atom. The number of unbranched alkanes of at least 4 members (excludes halogenated alkanes) is 11. The predicted octanol–water partition coefficient (Wildman–Crippen LogP) is 10.6. The zero-order valence-electron chi connectivity index (χ0n) is 25.2. The van der Waals surface area contributed by atoms with Crippen LogP contribution in [-0.2, 0) is 9.53 Å². The van der Waals surface area contributed by atoms with Crippen molar-refractivity contribution in [2.24, 2.45) is 40.9 Å². The molecule has 0 amide bonds. The number of hydrogen-bond acceptors (Lipinski definition) is 2. The van der Waals surface area contributed by atoms with E-state index >= 15 is 0 Å². The standard InChI is InChI=1S/C36H57ClO2/c1-3-4-5-6-7-8-9-10-11-12-13-14-19-34(37)35(38)39-27-25-29-21-23-33-32-22-20-28-17-15-16-18-30(28)31(32)24-26-36(29,33)2/h15-16,28-34H,3-14,17-24,26H2,1-2H3/t28?,29-,30-,31+,32+,33-,34?,36+/m0/s1. The number of fused-ring (bicyclic) bond motifs is 5. The van der Waals surface area contributed by atoms with E-state index in [4.69, 9.17) is 16.3 Å². The lowest BCUT2D eigenvalue weighted by Crippen LogP contribution is -2.47. The normalized spacial score (nSPS) is 33.8. The van der Waals surface area contributed by atoms with Crippen molar-refractivity contribution in [3.05, 3.63) is 12.2 Å². The van der Waals surface area contributed by atoms with Gasteiger partial charge < -0.3 is 4.74 Å². The maximum atomic E-state index is 12.5. The number of carbonyl (C=O) groups excluding carboxylic acids is 1. The van der Waals surface area contributed by atoms with Crippen LogP contribution in [0.2, 0.25) is 0 Å². The van der Waals surface area contributed by atoms with Crippen molar-refractivity contribution >= 4 is 17.6 Å². The monoisotopic (exact) mass is 556 g/mol. The molecule has 2 unspecified atom stereocenters. The average molecular weight is 557 g/mol. The molecule has 0 N–H and O–H groups in total. The van der Waals surface area contributed by atoms with E-state index in [2.05, 4.69) is 38.0 Å². The summed E-state index contributed by atoms with van der Waals surface area (Å²) in [4.78, 5) is 12.5. The smallest absolute Gasteiger partial charge is 0.337 e. The van der Waals surface area contributed by atoms with Crippen LogP contribution in [0.1, 0.15) is 149 Å². The maximum Gasteiger partial charge on any atom is 0.337 e. The molecular formula is C36H57ClO2. The summed E-state index contributed by atoms with van der Waals surface area (Å²) in [5.74, 6) is 7.89. The number of esters is 1. The molecule has 0 aromatic rings. The molecule has 0 aliphatic heterocycles. The molecule has 4 aliphatic rings. The summed E-state index contributed by atoms with van der Waals surface area (Å²) in [5, 5.41) is -0.565. The number of rotatable bonds is 14. The highest BCUT2D eigenvalue weighted by molar-refractivity contribution is 6.29. The summed E-state index contributed by atoms with van der Waals surface area (Å²) in [6, 6.07) is 0. The van der Waals surface area contributed by atoms with Crippen molar-refractivity contribution in [3.63, 3.8) is 0 Å². The Bertz CT molecular complexity index is 839. The minimum Gasteiger partial charge on any atom is -0.371 e. The second-order valence-electron chi connectivity index (χ2n) is 13.9. The quantitative estimate of drug-likeness (QED) is 0.0699. The first-order valence-electron chi connectivity index (χ1n) is 17.0. The summed E-state index contributed by atoms with van der Waals surface area (Å²) in [6.07, 6.45) is 34.7. The van der Waals surface area contributed by atoms with Crippen LogP contribution in [0.5, 0.6) is 0 Å². The van der Waals surface area contributed by atoms with Crippen LogP contribution in [0.4, 0.5) is 0 Å². The zero-order chi connectivity index (χ0) is 27.5. The zero-order valence-corrected chi connectivity index (χ0v) is 26.0. The molecule has 3 fully saturated rings. The van der Waals surface area contributed by atoms with Gasteiger partial charge in [-0.15, -0.1) is 11.6 Å². The second kappa shape index (κ2) is 15.9. The van der Waals surface area contributed by atoms with E-state index in [1.807, 2.05) is 0 Å². The SMILES string of the molecule is CCCCCCCCCCCCCCC(Cl)C(=O)OC#C[C@@H]1CC[C@H]2[C@@H]3CCC4CC=CC[C@@H]4[C@H]3CC[C@]12C. The van der Waals surface area contributed by atoms with Crippen LogP contribution < -0.4 is 0 Å². The van der Waals surface area contributed by atoms with Gasteiger partial charge in [-0.2, -0.15) is 0 Å². The molecule has 0 radical (unpaired) electrons. The third kappa shape index (κ3) is 8.31. The Morgan fingerprint density at radius 1 is 0.846 bits per heavy atom. The van der Waals surface area contributed by atoms with E-state index in [9.17, 15) is 4.79 Å². The fourth-order valence-corrected chi connectivity index (χ4v) is 9.35. The molecule has 0 aromatic carbocycles. The van der Waals surface area contributed by atoms with Crippen LogP contribution in [0.25, 0.3) is 0 Å². The van der Waals surface area contributed by atoms with Gasteiger partial charge in [0.15, 0.2) is 0 Å². The Balaban J connectivity index is 1.10.